The summed E-state index contributed by atoms with van der Waals surface area (Å²) >= 11 is 1.12. The summed E-state index contributed by atoms with van der Waals surface area (Å²) < 4.78 is 48.2. The lowest BCUT2D eigenvalue weighted by molar-refractivity contribution is -0.135. The number of esters is 1. The van der Waals surface area contributed by atoms with Crippen LogP contribution in [0.15, 0.2) is 296 Å². The van der Waals surface area contributed by atoms with Crippen LogP contribution < -0.4 is 68.1 Å². The van der Waals surface area contributed by atoms with Gasteiger partial charge in [0.2, 0.25) is 5.91 Å². The lowest BCUT2D eigenvalue weighted by atomic mass is 9.54. The minimum atomic E-state index is -0.529. The van der Waals surface area contributed by atoms with Gasteiger partial charge in [-0.1, -0.05) is 233 Å². The normalized spacial score (nSPS) is 19.4. The molecule has 6 heterocycles. The molecule has 4 aliphatic heterocycles. The zero-order valence-electron chi connectivity index (χ0n) is 77.6. The Morgan fingerprint density at radius 3 is 1.64 bits per heavy atom. The molecule has 19 nitrogen and oxygen atoms in total. The number of anilines is 4. The molecule has 15 aromatic rings. The first kappa shape index (κ1) is 91.6. The number of ether oxygens (including phenoxy) is 8. The molecule has 0 radical (unpaired) electrons. The summed E-state index contributed by atoms with van der Waals surface area (Å²) in [4.78, 5) is 58.2. The fourth-order valence-electron chi connectivity index (χ4n) is 21.6. The number of nitrogens with one attached hydrogen (secondary N) is 2. The highest BCUT2D eigenvalue weighted by atomic mass is 32.1. The monoisotopic (exact) mass is 1820 g/mol. The average Bonchev–Trinajstić information content (AvgIpc) is 1.71. The number of para-hydroxylation sites is 7. The summed E-state index contributed by atoms with van der Waals surface area (Å²) in [5, 5.41) is 13.9. The van der Waals surface area contributed by atoms with E-state index in [1.165, 1.54) is 79.8 Å². The van der Waals surface area contributed by atoms with E-state index in [4.69, 9.17) is 37.9 Å². The zero-order chi connectivity index (χ0) is 92.5. The van der Waals surface area contributed by atoms with Gasteiger partial charge in [0.1, 0.15) is 52.3 Å². The van der Waals surface area contributed by atoms with Crippen molar-refractivity contribution in [3.8, 4) is 46.0 Å². The standard InChI is InChI=1S/C22H38.2C20H19NO2.C19H17NO2.C18H12N2O3S.C16H14N2O3/c1-2-16-7-3-5-9-20(16)19-14-13-18-12-11-17-8-4-6-10-21(17)22(18)15-19;1-2-22-20-10-6-5-9-18(20)21-13-17-16-8-4-3-7-15(16)11-12-19(17)23-14-21;1-2-22-17-10-8-16(9-11-17)21-13-19-18-6-4-3-5-15(18)7-12-20(19)23-14-21;1-21-19-9-5-4-8-17(19)20-12-16-15-7-3-2-6-14(15)10-11-18(16)22-13-20;21-16(11-20-13-7-1-2-9-15(13)24-18(20)22)23-14-8-3-5-12-6-4-10-19-17(12)14;1-10(19)17-12-8-6-11(7-9-12)16-18-15(20)13-4-2-3-5-14(13)21-16/h16-22H,2-15H2,1H3;2*3-12H,2,13-14H2,1H3;2-11H,12-13H2,1H3;1-10H,11H2;2-9,16H,1H3,(H,17,19)(H,18,20)/t16-,17-,18-,19+,20+,21-,22+;;;;;/m1...../s1. The number of nitrogens with zero attached hydrogens (tertiary/aromatic N) is 5. The molecule has 0 saturated heterocycles. The number of fused-ring (bicyclic) bond motifs is 15. The lowest BCUT2D eigenvalue weighted by Gasteiger charge is -2.51. The van der Waals surface area contributed by atoms with E-state index < -0.39 is 12.2 Å². The van der Waals surface area contributed by atoms with Crippen LogP contribution in [0.5, 0.6) is 46.0 Å². The summed E-state index contributed by atoms with van der Waals surface area (Å²) in [6.07, 6.45) is 23.1. The Balaban J connectivity index is 0.000000108. The van der Waals surface area contributed by atoms with Gasteiger partial charge in [-0.05, 0) is 248 Å². The molecule has 0 bridgehead atoms. The molecule has 2 aromatic heterocycles. The highest BCUT2D eigenvalue weighted by Gasteiger charge is 2.46. The molecule has 2 N–H and O–H groups in total. The Labute approximate surface area is 794 Å². The molecular formula is C115H119N7O12S. The van der Waals surface area contributed by atoms with Gasteiger partial charge in [0.05, 0.1) is 67.1 Å². The topological polar surface area (TPSA) is 194 Å². The van der Waals surface area contributed by atoms with E-state index in [0.29, 0.717) is 61.7 Å². The van der Waals surface area contributed by atoms with Gasteiger partial charge in [-0.15, -0.1) is 0 Å². The molecule has 4 aliphatic carbocycles. The molecule has 2 amide bonds. The van der Waals surface area contributed by atoms with Crippen molar-refractivity contribution in [2.45, 2.75) is 150 Å². The minimum Gasteiger partial charge on any atom is -0.495 e. The van der Waals surface area contributed by atoms with Crippen molar-refractivity contribution in [3.05, 3.63) is 329 Å². The maximum atomic E-state index is 12.3. The maximum Gasteiger partial charge on any atom is 0.331 e. The van der Waals surface area contributed by atoms with Crippen molar-refractivity contribution in [2.24, 2.45) is 41.4 Å². The smallest absolute Gasteiger partial charge is 0.331 e. The van der Waals surface area contributed by atoms with Crippen LogP contribution >= 0.6 is 11.3 Å². The van der Waals surface area contributed by atoms with Crippen molar-refractivity contribution < 1.29 is 52.3 Å². The van der Waals surface area contributed by atoms with Crippen LogP contribution in [0.3, 0.4) is 0 Å². The minimum absolute atomic E-state index is 0.126. The second-order valence-electron chi connectivity index (χ2n) is 36.1. The van der Waals surface area contributed by atoms with Crippen molar-refractivity contribution in [2.75, 3.05) is 60.5 Å². The van der Waals surface area contributed by atoms with Crippen LogP contribution in [-0.4, -0.2) is 67.9 Å². The summed E-state index contributed by atoms with van der Waals surface area (Å²) in [6, 6.07) is 93.1. The average molecular weight is 1820 g/mol. The van der Waals surface area contributed by atoms with E-state index in [-0.39, 0.29) is 23.2 Å². The number of methoxy groups -OCH3 is 1. The number of carbonyl (C=O) groups is 3. The van der Waals surface area contributed by atoms with Crippen LogP contribution in [0, 0.1) is 41.4 Å². The molecule has 8 atom stereocenters. The maximum absolute atomic E-state index is 12.3. The first-order chi connectivity index (χ1) is 66.3. The molecule has 4 fully saturated rings. The van der Waals surface area contributed by atoms with E-state index >= 15 is 0 Å². The van der Waals surface area contributed by atoms with Crippen molar-refractivity contribution in [1.29, 1.82) is 0 Å². The SMILES string of the molecule is CC(=O)Nc1ccc(C2NC(=O)c3ccccc3O2)cc1.CCOc1ccc(N2COc3ccc4ccccc4c3C2)cc1.CCOc1ccccc1N1COc2ccc3ccccc3c2C1.CC[C@@H]1CCCC[C@@H]1[C@H]1CC[C@H]2CC[C@H]3CCCC[C@H]3[C@H]2C1.COc1ccccc1N1COc2ccc3ccccc3c2C1.O=C(Cn1c(=O)sc2ccccc21)Oc1cccc2cccnc12. The third kappa shape index (κ3) is 21.4. The van der Waals surface area contributed by atoms with Crippen LogP contribution in [0.1, 0.15) is 156 Å². The van der Waals surface area contributed by atoms with Gasteiger partial charge in [0.25, 0.3) is 5.91 Å². The highest BCUT2D eigenvalue weighted by molar-refractivity contribution is 7.16. The Hall–Kier alpha value is -13.9. The number of benzene rings is 13. The summed E-state index contributed by atoms with van der Waals surface area (Å²) in [6.45, 7) is 13.3. The van der Waals surface area contributed by atoms with Crippen LogP contribution in [0.2, 0.25) is 0 Å². The Morgan fingerprint density at radius 2 is 1.00 bits per heavy atom. The molecule has 135 heavy (non-hydrogen) atoms. The third-order valence-electron chi connectivity index (χ3n) is 28.1. The van der Waals surface area contributed by atoms with Gasteiger partial charge in [-0.2, -0.15) is 0 Å². The molecule has 13 aromatic carbocycles. The molecule has 1 unspecified atom stereocenters. The van der Waals surface area contributed by atoms with Gasteiger partial charge in [-0.25, -0.2) is 4.79 Å². The number of carbonyl (C=O) groups excluding carboxylic acids is 3. The number of hydrogen-bond donors (Lipinski definition) is 2. The first-order valence-electron chi connectivity index (χ1n) is 48.1. The highest BCUT2D eigenvalue weighted by Crippen LogP contribution is 2.56. The second-order valence-corrected chi connectivity index (χ2v) is 37.1. The number of hydrogen-bond acceptors (Lipinski definition) is 17. The van der Waals surface area contributed by atoms with E-state index in [1.54, 1.807) is 126 Å². The van der Waals surface area contributed by atoms with E-state index in [0.717, 1.165) is 145 Å². The molecule has 0 spiro atoms. The van der Waals surface area contributed by atoms with Gasteiger partial charge in [0.15, 0.2) is 32.2 Å². The molecular weight excluding hydrogens is 1700 g/mol. The van der Waals surface area contributed by atoms with Crippen LogP contribution in [-0.2, 0) is 35.8 Å². The predicted octanol–water partition coefficient (Wildman–Crippen LogP) is 25.9. The van der Waals surface area contributed by atoms with E-state index in [9.17, 15) is 19.2 Å². The molecule has 23 rings (SSSR count). The summed E-state index contributed by atoms with van der Waals surface area (Å²) in [5.74, 6) is 13.7. The number of amides is 2. The second kappa shape index (κ2) is 43.4. The molecule has 20 heteroatoms. The van der Waals surface area contributed by atoms with Gasteiger partial charge >= 0.3 is 10.8 Å². The van der Waals surface area contributed by atoms with Gasteiger partial charge in [-0.3, -0.25) is 23.9 Å². The molecule has 4 saturated carbocycles. The Bertz CT molecular complexity index is 6700. The Kier molecular flexibility index (Phi) is 29.5. The number of aromatic nitrogens is 2. The fraction of sp³-hybridized carbons (Fsp3) is 0.313. The van der Waals surface area contributed by atoms with Crippen molar-refractivity contribution in [1.82, 2.24) is 14.9 Å². The van der Waals surface area contributed by atoms with Gasteiger partial charge < -0.3 is 63.2 Å². The Morgan fingerprint density at radius 1 is 0.474 bits per heavy atom. The number of rotatable bonds is 15. The summed E-state index contributed by atoms with van der Waals surface area (Å²) in [7, 11) is 1.70. The number of pyridine rings is 1. The van der Waals surface area contributed by atoms with Crippen LogP contribution in [0.4, 0.5) is 22.7 Å². The third-order valence-corrected chi connectivity index (χ3v) is 29.0. The molecule has 8 aliphatic rings. The number of thiazole rings is 1. The predicted molar refractivity (Wildman–Crippen MR) is 541 cm³/mol. The first-order valence-corrected chi connectivity index (χ1v) is 48.9. The zero-order valence-corrected chi connectivity index (χ0v) is 78.5. The fourth-order valence-corrected chi connectivity index (χ4v) is 22.5. The van der Waals surface area contributed by atoms with Gasteiger partial charge in [0, 0.05) is 52.1 Å². The van der Waals surface area contributed by atoms with Crippen molar-refractivity contribution >= 4 is 105 Å². The van der Waals surface area contributed by atoms with Crippen molar-refractivity contribution in [3.63, 3.8) is 0 Å². The summed E-state index contributed by atoms with van der Waals surface area (Å²) in [5.41, 5.74) is 10.4. The van der Waals surface area contributed by atoms with E-state index in [2.05, 4.69) is 171 Å². The quantitative estimate of drug-likeness (QED) is 0.0726. The largest absolute Gasteiger partial charge is 0.495 e. The van der Waals surface area contributed by atoms with E-state index in [1.807, 2.05) is 123 Å². The lowest BCUT2D eigenvalue weighted by Crippen LogP contribution is -2.42. The van der Waals surface area contributed by atoms with Crippen LogP contribution in [0.25, 0.3) is 53.4 Å². The molecule has 692 valence electrons.